The summed E-state index contributed by atoms with van der Waals surface area (Å²) in [7, 11) is 0. The summed E-state index contributed by atoms with van der Waals surface area (Å²) >= 11 is 0. The second kappa shape index (κ2) is 11.4. The zero-order chi connectivity index (χ0) is 25.6. The number of benzene rings is 3. The van der Waals surface area contributed by atoms with E-state index >= 15 is 0 Å². The number of carbonyl (C=O) groups excluding carboxylic acids is 1. The van der Waals surface area contributed by atoms with Crippen LogP contribution >= 0.6 is 0 Å². The number of anilines is 1. The second-order valence-corrected chi connectivity index (χ2v) is 9.22. The van der Waals surface area contributed by atoms with Crippen LogP contribution in [0.25, 0.3) is 0 Å². The van der Waals surface area contributed by atoms with Crippen LogP contribution in [0.1, 0.15) is 27.4 Å². The van der Waals surface area contributed by atoms with Gasteiger partial charge in [-0.1, -0.05) is 60.7 Å². The van der Waals surface area contributed by atoms with Gasteiger partial charge in [0, 0.05) is 44.8 Å². The van der Waals surface area contributed by atoms with E-state index in [9.17, 15) is 13.6 Å². The molecule has 190 valence electrons. The summed E-state index contributed by atoms with van der Waals surface area (Å²) in [6, 6.07) is 26.9. The molecule has 0 saturated carbocycles. The van der Waals surface area contributed by atoms with E-state index in [4.69, 9.17) is 4.42 Å². The fourth-order valence-corrected chi connectivity index (χ4v) is 4.69. The minimum atomic E-state index is -0.256. The van der Waals surface area contributed by atoms with Crippen molar-refractivity contribution in [1.82, 2.24) is 9.80 Å². The quantitative estimate of drug-likeness (QED) is 0.310. The van der Waals surface area contributed by atoms with Crippen molar-refractivity contribution in [2.45, 2.75) is 19.6 Å². The van der Waals surface area contributed by atoms with Gasteiger partial charge in [-0.25, -0.2) is 8.78 Å². The van der Waals surface area contributed by atoms with Gasteiger partial charge in [-0.2, -0.15) is 0 Å². The summed E-state index contributed by atoms with van der Waals surface area (Å²) in [5, 5.41) is 0. The number of hydrogen-bond donors (Lipinski definition) is 0. The van der Waals surface area contributed by atoms with Gasteiger partial charge in [-0.15, -0.1) is 0 Å². The Kier molecular flexibility index (Phi) is 7.61. The number of para-hydroxylation sites is 1. The van der Waals surface area contributed by atoms with Crippen LogP contribution in [0.4, 0.5) is 14.5 Å². The van der Waals surface area contributed by atoms with Gasteiger partial charge in [-0.05, 0) is 35.9 Å². The molecular weight excluding hydrogens is 472 g/mol. The van der Waals surface area contributed by atoms with Gasteiger partial charge >= 0.3 is 0 Å². The van der Waals surface area contributed by atoms with Gasteiger partial charge in [0.25, 0.3) is 5.91 Å². The molecule has 0 spiro atoms. The maximum atomic E-state index is 14.4. The molecule has 5 nitrogen and oxygen atoms in total. The molecule has 0 N–H and O–H groups in total. The fraction of sp³-hybridized carbons (Fsp3) is 0.233. The number of rotatable bonds is 8. The molecular formula is C30H29F2N3O2. The third-order valence-corrected chi connectivity index (χ3v) is 6.61. The molecule has 0 atom stereocenters. The molecule has 5 rings (SSSR count). The first-order chi connectivity index (χ1) is 18.1. The van der Waals surface area contributed by atoms with Gasteiger partial charge in [0.15, 0.2) is 5.76 Å². The molecule has 2 heterocycles. The molecule has 4 aromatic rings. The summed E-state index contributed by atoms with van der Waals surface area (Å²) < 4.78 is 34.5. The zero-order valence-corrected chi connectivity index (χ0v) is 20.5. The predicted molar refractivity (Wildman–Crippen MR) is 139 cm³/mol. The highest BCUT2D eigenvalue weighted by molar-refractivity contribution is 5.91. The van der Waals surface area contributed by atoms with Gasteiger partial charge in [-0.3, -0.25) is 9.69 Å². The molecule has 1 aliphatic rings. The number of hydrogen-bond acceptors (Lipinski definition) is 4. The van der Waals surface area contributed by atoms with E-state index in [1.165, 1.54) is 12.1 Å². The summed E-state index contributed by atoms with van der Waals surface area (Å²) in [4.78, 5) is 18.9. The zero-order valence-electron chi connectivity index (χ0n) is 20.5. The Morgan fingerprint density at radius 3 is 2.14 bits per heavy atom. The largest absolute Gasteiger partial charge is 0.455 e. The highest BCUT2D eigenvalue weighted by Crippen LogP contribution is 2.22. The molecule has 7 heteroatoms. The van der Waals surface area contributed by atoms with Gasteiger partial charge in [0.2, 0.25) is 0 Å². The maximum Gasteiger partial charge on any atom is 0.289 e. The van der Waals surface area contributed by atoms with E-state index in [1.54, 1.807) is 35.2 Å². The average molecular weight is 502 g/mol. The van der Waals surface area contributed by atoms with E-state index in [1.807, 2.05) is 53.4 Å². The van der Waals surface area contributed by atoms with Crippen LogP contribution in [0.5, 0.6) is 0 Å². The van der Waals surface area contributed by atoms with Crippen molar-refractivity contribution in [3.63, 3.8) is 0 Å². The molecule has 37 heavy (non-hydrogen) atoms. The van der Waals surface area contributed by atoms with Crippen molar-refractivity contribution in [2.24, 2.45) is 0 Å². The summed E-state index contributed by atoms with van der Waals surface area (Å²) in [6.07, 6.45) is 0. The van der Waals surface area contributed by atoms with E-state index in [0.29, 0.717) is 62.8 Å². The third-order valence-electron chi connectivity index (χ3n) is 6.61. The second-order valence-electron chi connectivity index (χ2n) is 9.22. The van der Waals surface area contributed by atoms with Crippen LogP contribution in [-0.4, -0.2) is 41.9 Å². The maximum absolute atomic E-state index is 14.4. The first-order valence-corrected chi connectivity index (χ1v) is 12.4. The summed E-state index contributed by atoms with van der Waals surface area (Å²) in [5.74, 6) is 0.238. The number of halogens is 2. The van der Waals surface area contributed by atoms with E-state index < -0.39 is 0 Å². The molecule has 0 unspecified atom stereocenters. The van der Waals surface area contributed by atoms with Gasteiger partial charge in [0.05, 0.1) is 12.2 Å². The van der Waals surface area contributed by atoms with Crippen molar-refractivity contribution < 1.29 is 18.0 Å². The topological polar surface area (TPSA) is 39.9 Å². The summed E-state index contributed by atoms with van der Waals surface area (Å²) in [5.41, 5.74) is 2.27. The monoisotopic (exact) mass is 501 g/mol. The summed E-state index contributed by atoms with van der Waals surface area (Å²) in [6.45, 7) is 3.51. The lowest BCUT2D eigenvalue weighted by atomic mass is 10.1. The smallest absolute Gasteiger partial charge is 0.289 e. The van der Waals surface area contributed by atoms with Crippen LogP contribution in [0.3, 0.4) is 0 Å². The molecule has 0 bridgehead atoms. The van der Waals surface area contributed by atoms with Gasteiger partial charge < -0.3 is 14.2 Å². The number of piperazine rings is 1. The number of furan rings is 1. The van der Waals surface area contributed by atoms with Crippen LogP contribution in [-0.2, 0) is 19.6 Å². The Balaban J connectivity index is 1.24. The molecule has 1 aliphatic heterocycles. The standard InChI is InChI=1S/C30H29F2N3O2/c31-26-11-5-4-10-24(26)21-33(20-23-8-2-1-3-9-23)22-25-14-15-29(37-25)30(36)35-18-16-34(17-19-35)28-13-7-6-12-27(28)32/h1-15H,16-22H2. The van der Waals surface area contributed by atoms with Crippen molar-refractivity contribution in [2.75, 3.05) is 31.1 Å². The van der Waals surface area contributed by atoms with Crippen LogP contribution in [0.15, 0.2) is 95.4 Å². The predicted octanol–water partition coefficient (Wildman–Crippen LogP) is 5.72. The Labute approximate surface area is 215 Å². The molecule has 1 fully saturated rings. The van der Waals surface area contributed by atoms with Crippen LogP contribution in [0, 0.1) is 11.6 Å². The highest BCUT2D eigenvalue weighted by Gasteiger charge is 2.25. The SMILES string of the molecule is O=C(c1ccc(CN(Cc2ccccc2)Cc2ccccc2F)o1)N1CCN(c2ccccc2F)CC1. The van der Waals surface area contributed by atoms with Crippen molar-refractivity contribution in [1.29, 1.82) is 0 Å². The minimum absolute atomic E-state index is 0.178. The normalized spacial score (nSPS) is 13.8. The lowest BCUT2D eigenvalue weighted by molar-refractivity contribution is 0.0710. The molecule has 1 aromatic heterocycles. The van der Waals surface area contributed by atoms with Crippen LogP contribution in [0.2, 0.25) is 0 Å². The first kappa shape index (κ1) is 24.7. The number of amides is 1. The molecule has 3 aromatic carbocycles. The van der Waals surface area contributed by atoms with Gasteiger partial charge in [0.1, 0.15) is 17.4 Å². The average Bonchev–Trinajstić information content (AvgIpc) is 3.39. The lowest BCUT2D eigenvalue weighted by Crippen LogP contribution is -2.49. The van der Waals surface area contributed by atoms with Crippen LogP contribution < -0.4 is 4.90 Å². The Hall–Kier alpha value is -3.97. The highest BCUT2D eigenvalue weighted by atomic mass is 19.1. The molecule has 1 saturated heterocycles. The third kappa shape index (κ3) is 6.06. The minimum Gasteiger partial charge on any atom is -0.455 e. The Bertz CT molecular complexity index is 1330. The molecule has 0 radical (unpaired) electrons. The van der Waals surface area contributed by atoms with E-state index in [-0.39, 0.29) is 23.3 Å². The number of nitrogens with zero attached hydrogens (tertiary/aromatic N) is 3. The van der Waals surface area contributed by atoms with Crippen molar-refractivity contribution >= 4 is 11.6 Å². The Morgan fingerprint density at radius 2 is 1.41 bits per heavy atom. The van der Waals surface area contributed by atoms with Crippen molar-refractivity contribution in [3.05, 3.63) is 125 Å². The molecule has 1 amide bonds. The van der Waals surface area contributed by atoms with E-state index in [2.05, 4.69) is 4.90 Å². The number of carbonyl (C=O) groups is 1. The Morgan fingerprint density at radius 1 is 0.730 bits per heavy atom. The first-order valence-electron chi connectivity index (χ1n) is 12.4. The molecule has 0 aliphatic carbocycles. The van der Waals surface area contributed by atoms with Crippen molar-refractivity contribution in [3.8, 4) is 0 Å². The lowest BCUT2D eigenvalue weighted by Gasteiger charge is -2.35. The fourth-order valence-electron chi connectivity index (χ4n) is 4.69. The van der Waals surface area contributed by atoms with E-state index in [0.717, 1.165) is 5.56 Å².